The molecule has 1 aromatic carbocycles. The fourth-order valence-electron chi connectivity index (χ4n) is 1.57. The largest absolute Gasteiger partial charge is 0.508 e. The van der Waals surface area contributed by atoms with Gasteiger partial charge in [-0.05, 0) is 38.5 Å². The first-order valence-corrected chi connectivity index (χ1v) is 6.66. The van der Waals surface area contributed by atoms with Gasteiger partial charge in [-0.25, -0.2) is 9.59 Å². The molecule has 0 aromatic heterocycles. The summed E-state index contributed by atoms with van der Waals surface area (Å²) in [5, 5.41) is 20.9. The van der Waals surface area contributed by atoms with Crippen LogP contribution < -0.4 is 5.32 Å². The van der Waals surface area contributed by atoms with Crippen LogP contribution in [0.25, 0.3) is 0 Å². The molecule has 0 saturated heterocycles. The molecule has 0 fully saturated rings. The first kappa shape index (κ1) is 17.1. The van der Waals surface area contributed by atoms with Gasteiger partial charge in [-0.1, -0.05) is 17.7 Å². The number of aromatic hydroxyl groups is 1. The van der Waals surface area contributed by atoms with E-state index in [1.165, 1.54) is 18.2 Å². The van der Waals surface area contributed by atoms with E-state index < -0.39 is 23.7 Å². The molecule has 1 rings (SSSR count). The number of alkyl carbamates (subject to hydrolysis) is 1. The molecule has 3 N–H and O–H groups in total. The monoisotopic (exact) mass is 315 g/mol. The van der Waals surface area contributed by atoms with Gasteiger partial charge in [-0.3, -0.25) is 0 Å². The molecule has 0 bridgehead atoms. The molecule has 0 aliphatic carbocycles. The number of carbonyl (C=O) groups excluding carboxylic acids is 1. The molecule has 1 aromatic rings. The summed E-state index contributed by atoms with van der Waals surface area (Å²) in [7, 11) is 0. The Hall–Kier alpha value is -1.95. The van der Waals surface area contributed by atoms with Gasteiger partial charge in [0, 0.05) is 11.4 Å². The first-order chi connectivity index (χ1) is 9.58. The van der Waals surface area contributed by atoms with E-state index in [1.807, 2.05) is 0 Å². The van der Waals surface area contributed by atoms with Crippen LogP contribution in [0.5, 0.6) is 5.75 Å². The Kier molecular flexibility index (Phi) is 5.43. The highest BCUT2D eigenvalue weighted by Crippen LogP contribution is 2.22. The second kappa shape index (κ2) is 6.67. The summed E-state index contributed by atoms with van der Waals surface area (Å²) in [6.07, 6.45) is -0.835. The zero-order valence-electron chi connectivity index (χ0n) is 12.0. The molecule has 0 unspecified atom stereocenters. The van der Waals surface area contributed by atoms with Crippen LogP contribution in [0.3, 0.4) is 0 Å². The minimum atomic E-state index is -1.20. The average Bonchev–Trinajstić information content (AvgIpc) is 2.28. The number of benzene rings is 1. The molecule has 7 heteroatoms. The molecule has 0 heterocycles. The molecular weight excluding hydrogens is 298 g/mol. The highest BCUT2D eigenvalue weighted by atomic mass is 35.5. The van der Waals surface area contributed by atoms with Gasteiger partial charge in [-0.15, -0.1) is 0 Å². The van der Waals surface area contributed by atoms with Crippen molar-refractivity contribution in [3.8, 4) is 5.75 Å². The van der Waals surface area contributed by atoms with E-state index in [9.17, 15) is 14.7 Å². The molecule has 0 saturated carbocycles. The summed E-state index contributed by atoms with van der Waals surface area (Å²) in [5.41, 5.74) is -0.221. The Bertz CT molecular complexity index is 539. The highest BCUT2D eigenvalue weighted by molar-refractivity contribution is 6.31. The summed E-state index contributed by atoms with van der Waals surface area (Å²) >= 11 is 5.92. The minimum Gasteiger partial charge on any atom is -0.508 e. The number of carboxylic acids is 1. The van der Waals surface area contributed by atoms with Crippen molar-refractivity contribution in [2.75, 3.05) is 0 Å². The zero-order valence-corrected chi connectivity index (χ0v) is 12.8. The van der Waals surface area contributed by atoms with Crippen molar-refractivity contribution in [3.63, 3.8) is 0 Å². The number of phenolic OH excluding ortho intramolecular Hbond substituents is 1. The van der Waals surface area contributed by atoms with E-state index in [2.05, 4.69) is 5.32 Å². The van der Waals surface area contributed by atoms with Crippen LogP contribution in [-0.2, 0) is 16.0 Å². The van der Waals surface area contributed by atoms with Crippen LogP contribution in [0.15, 0.2) is 18.2 Å². The number of halogens is 1. The minimum absolute atomic E-state index is 0.0178. The molecule has 1 amide bonds. The topological polar surface area (TPSA) is 95.9 Å². The molecule has 6 nitrogen and oxygen atoms in total. The summed E-state index contributed by atoms with van der Waals surface area (Å²) < 4.78 is 5.02. The summed E-state index contributed by atoms with van der Waals surface area (Å²) in [6.45, 7) is 5.04. The number of phenols is 1. The van der Waals surface area contributed by atoms with Crippen LogP contribution >= 0.6 is 11.6 Å². The smallest absolute Gasteiger partial charge is 0.408 e. The Morgan fingerprint density at radius 3 is 2.48 bits per heavy atom. The predicted octanol–water partition coefficient (Wildman–Crippen LogP) is 2.57. The lowest BCUT2D eigenvalue weighted by Crippen LogP contribution is -2.44. The maximum atomic E-state index is 11.6. The van der Waals surface area contributed by atoms with E-state index >= 15 is 0 Å². The summed E-state index contributed by atoms with van der Waals surface area (Å²) in [4.78, 5) is 22.9. The maximum Gasteiger partial charge on any atom is 0.408 e. The lowest BCUT2D eigenvalue weighted by atomic mass is 10.1. The quantitative estimate of drug-likeness (QED) is 0.793. The average molecular weight is 316 g/mol. The van der Waals surface area contributed by atoms with Crippen LogP contribution in [0.1, 0.15) is 26.3 Å². The van der Waals surface area contributed by atoms with Gasteiger partial charge >= 0.3 is 12.1 Å². The number of rotatable bonds is 4. The molecule has 0 spiro atoms. The van der Waals surface area contributed by atoms with E-state index in [4.69, 9.17) is 21.4 Å². The van der Waals surface area contributed by atoms with Crippen molar-refractivity contribution in [2.45, 2.75) is 38.8 Å². The Labute approximate surface area is 127 Å². The zero-order chi connectivity index (χ0) is 16.2. The number of hydrogen-bond acceptors (Lipinski definition) is 4. The SMILES string of the molecule is CC(C)(C)OC(=O)N[C@@H](Cc1ccc(O)cc1Cl)C(=O)O. The van der Waals surface area contributed by atoms with Crippen molar-refractivity contribution in [2.24, 2.45) is 0 Å². The molecule has 0 radical (unpaired) electrons. The van der Waals surface area contributed by atoms with E-state index in [0.717, 1.165) is 0 Å². The summed E-state index contributed by atoms with van der Waals surface area (Å²) in [6, 6.07) is 3.03. The van der Waals surface area contributed by atoms with Crippen molar-refractivity contribution in [3.05, 3.63) is 28.8 Å². The standard InChI is InChI=1S/C14H18ClNO5/c1-14(2,3)21-13(20)16-11(12(18)19)6-8-4-5-9(17)7-10(8)15/h4-5,7,11,17H,6H2,1-3H3,(H,16,20)(H,18,19)/t11-/m0/s1. The first-order valence-electron chi connectivity index (χ1n) is 6.28. The predicted molar refractivity (Wildman–Crippen MR) is 77.6 cm³/mol. The van der Waals surface area contributed by atoms with Crippen LogP contribution in [0, 0.1) is 0 Å². The number of carbonyl (C=O) groups is 2. The molecule has 116 valence electrons. The van der Waals surface area contributed by atoms with E-state index in [0.29, 0.717) is 5.56 Å². The normalized spacial score (nSPS) is 12.6. The second-order valence-corrected chi connectivity index (χ2v) is 5.92. The lowest BCUT2D eigenvalue weighted by Gasteiger charge is -2.22. The summed E-state index contributed by atoms with van der Waals surface area (Å²) in [5.74, 6) is -1.22. The van der Waals surface area contributed by atoms with Crippen LogP contribution in [-0.4, -0.2) is 33.9 Å². The lowest BCUT2D eigenvalue weighted by molar-refractivity contribution is -0.139. The van der Waals surface area contributed by atoms with Gasteiger partial charge in [0.25, 0.3) is 0 Å². The Morgan fingerprint density at radius 1 is 1.38 bits per heavy atom. The second-order valence-electron chi connectivity index (χ2n) is 5.52. The number of amides is 1. The molecule has 21 heavy (non-hydrogen) atoms. The number of ether oxygens (including phenoxy) is 1. The Morgan fingerprint density at radius 2 is 2.00 bits per heavy atom. The van der Waals surface area contributed by atoms with Gasteiger partial charge in [0.2, 0.25) is 0 Å². The number of aliphatic carboxylic acids is 1. The van der Waals surface area contributed by atoms with Crippen molar-refractivity contribution < 1.29 is 24.5 Å². The third kappa shape index (κ3) is 5.91. The third-order valence-electron chi connectivity index (χ3n) is 2.45. The number of nitrogens with one attached hydrogen (secondary N) is 1. The molecular formula is C14H18ClNO5. The fourth-order valence-corrected chi connectivity index (χ4v) is 1.82. The molecule has 1 atom stereocenters. The van der Waals surface area contributed by atoms with Crippen LogP contribution in [0.2, 0.25) is 5.02 Å². The van der Waals surface area contributed by atoms with Crippen LogP contribution in [0.4, 0.5) is 4.79 Å². The van der Waals surface area contributed by atoms with Gasteiger partial charge in [-0.2, -0.15) is 0 Å². The highest BCUT2D eigenvalue weighted by Gasteiger charge is 2.24. The van der Waals surface area contributed by atoms with Gasteiger partial charge < -0.3 is 20.3 Å². The van der Waals surface area contributed by atoms with Gasteiger partial charge in [0.15, 0.2) is 0 Å². The fraction of sp³-hybridized carbons (Fsp3) is 0.429. The van der Waals surface area contributed by atoms with E-state index in [-0.39, 0.29) is 17.2 Å². The van der Waals surface area contributed by atoms with Gasteiger partial charge in [0.05, 0.1) is 0 Å². The third-order valence-corrected chi connectivity index (χ3v) is 2.80. The van der Waals surface area contributed by atoms with Crippen molar-refractivity contribution in [1.29, 1.82) is 0 Å². The van der Waals surface area contributed by atoms with Gasteiger partial charge in [0.1, 0.15) is 17.4 Å². The van der Waals surface area contributed by atoms with E-state index in [1.54, 1.807) is 20.8 Å². The maximum absolute atomic E-state index is 11.6. The number of carboxylic acid groups (broad SMARTS) is 1. The Balaban J connectivity index is 2.79. The molecule has 0 aliphatic heterocycles. The van der Waals surface area contributed by atoms with Crippen molar-refractivity contribution in [1.82, 2.24) is 5.32 Å². The van der Waals surface area contributed by atoms with Crippen molar-refractivity contribution >= 4 is 23.7 Å². The number of hydrogen-bond donors (Lipinski definition) is 3. The molecule has 0 aliphatic rings.